The van der Waals surface area contributed by atoms with Gasteiger partial charge in [-0.15, -0.1) is 0 Å². The van der Waals surface area contributed by atoms with Crippen LogP contribution < -0.4 is 11.3 Å². The van der Waals surface area contributed by atoms with E-state index >= 15 is 0 Å². The molecular formula is C11H16N2O2S. The lowest BCUT2D eigenvalue weighted by atomic mass is 10.2. The second kappa shape index (κ2) is 5.23. The molecule has 1 rings (SSSR count). The van der Waals surface area contributed by atoms with Crippen molar-refractivity contribution in [2.24, 2.45) is 5.73 Å². The number of aryl methyl sites for hydroxylation is 1. The van der Waals surface area contributed by atoms with Crippen LogP contribution in [0, 0.1) is 6.92 Å². The van der Waals surface area contributed by atoms with E-state index in [0.29, 0.717) is 12.1 Å². The minimum atomic E-state index is -0.156. The Bertz CT molecular complexity index is 454. The van der Waals surface area contributed by atoms with Gasteiger partial charge < -0.3 is 15.0 Å². The molecule has 0 fully saturated rings. The highest BCUT2D eigenvalue weighted by atomic mass is 32.1. The van der Waals surface area contributed by atoms with Gasteiger partial charge in [0.25, 0.3) is 5.56 Å². The number of aromatic nitrogens is 1. The number of rotatable bonds is 4. The molecule has 0 saturated carbocycles. The van der Waals surface area contributed by atoms with Crippen LogP contribution in [0.15, 0.2) is 16.9 Å². The molecule has 0 bridgehead atoms. The zero-order valence-corrected chi connectivity index (χ0v) is 10.5. The van der Waals surface area contributed by atoms with Crippen LogP contribution in [0.25, 0.3) is 0 Å². The molecule has 0 aliphatic carbocycles. The number of methoxy groups -OCH3 is 1. The fourth-order valence-electron chi connectivity index (χ4n) is 1.42. The molecule has 16 heavy (non-hydrogen) atoms. The molecule has 2 N–H and O–H groups in total. The van der Waals surface area contributed by atoms with Crippen molar-refractivity contribution in [3.8, 4) is 0 Å². The Hall–Kier alpha value is -1.20. The first-order valence-corrected chi connectivity index (χ1v) is 5.41. The maximum atomic E-state index is 12.0. The van der Waals surface area contributed by atoms with E-state index < -0.39 is 0 Å². The molecular weight excluding hydrogens is 224 g/mol. The summed E-state index contributed by atoms with van der Waals surface area (Å²) in [6.45, 7) is 4.27. The lowest BCUT2D eigenvalue weighted by molar-refractivity contribution is 0.102. The first-order valence-electron chi connectivity index (χ1n) is 5.00. The molecule has 1 unspecified atom stereocenters. The molecule has 0 aromatic carbocycles. The monoisotopic (exact) mass is 240 g/mol. The first-order chi connectivity index (χ1) is 7.47. The van der Waals surface area contributed by atoms with Crippen molar-refractivity contribution in [3.05, 3.63) is 33.7 Å². The van der Waals surface area contributed by atoms with E-state index in [0.717, 1.165) is 5.69 Å². The number of ether oxygens (including phenoxy) is 1. The van der Waals surface area contributed by atoms with Gasteiger partial charge in [0.15, 0.2) is 0 Å². The quantitative estimate of drug-likeness (QED) is 0.792. The van der Waals surface area contributed by atoms with Crippen molar-refractivity contribution in [1.82, 2.24) is 4.57 Å². The SMILES string of the molecule is COC(C)Cn1c(C)ccc(C(N)=S)c1=O. The van der Waals surface area contributed by atoms with Crippen LogP contribution in [-0.2, 0) is 11.3 Å². The lowest BCUT2D eigenvalue weighted by Crippen LogP contribution is -2.33. The van der Waals surface area contributed by atoms with E-state index in [9.17, 15) is 4.79 Å². The van der Waals surface area contributed by atoms with Crippen LogP contribution in [-0.4, -0.2) is 22.8 Å². The second-order valence-electron chi connectivity index (χ2n) is 3.71. The summed E-state index contributed by atoms with van der Waals surface area (Å²) in [4.78, 5) is 12.2. The van der Waals surface area contributed by atoms with E-state index in [1.54, 1.807) is 17.7 Å². The van der Waals surface area contributed by atoms with Gasteiger partial charge >= 0.3 is 0 Å². The summed E-state index contributed by atoms with van der Waals surface area (Å²) in [6, 6.07) is 3.49. The van der Waals surface area contributed by atoms with E-state index in [2.05, 4.69) is 0 Å². The summed E-state index contributed by atoms with van der Waals surface area (Å²) in [5, 5.41) is 0. The topological polar surface area (TPSA) is 57.2 Å². The van der Waals surface area contributed by atoms with Crippen LogP contribution in [0.2, 0.25) is 0 Å². The highest BCUT2D eigenvalue weighted by Crippen LogP contribution is 2.01. The van der Waals surface area contributed by atoms with E-state index in [-0.39, 0.29) is 16.7 Å². The number of nitrogens with zero attached hydrogens (tertiary/aromatic N) is 1. The number of pyridine rings is 1. The Morgan fingerprint density at radius 2 is 2.25 bits per heavy atom. The van der Waals surface area contributed by atoms with E-state index in [1.807, 2.05) is 19.9 Å². The van der Waals surface area contributed by atoms with Gasteiger partial charge in [-0.25, -0.2) is 0 Å². The van der Waals surface area contributed by atoms with Gasteiger partial charge in [-0.05, 0) is 26.0 Å². The third kappa shape index (κ3) is 2.68. The Balaban J connectivity index is 3.22. The third-order valence-corrected chi connectivity index (χ3v) is 2.72. The Morgan fingerprint density at radius 1 is 1.62 bits per heavy atom. The maximum absolute atomic E-state index is 12.0. The normalized spacial score (nSPS) is 12.4. The predicted molar refractivity (Wildman–Crippen MR) is 67.8 cm³/mol. The summed E-state index contributed by atoms with van der Waals surface area (Å²) in [5.41, 5.74) is 6.58. The second-order valence-corrected chi connectivity index (χ2v) is 4.15. The molecule has 0 radical (unpaired) electrons. The molecule has 5 heteroatoms. The first kappa shape index (κ1) is 12.9. The zero-order chi connectivity index (χ0) is 12.3. The molecule has 1 atom stereocenters. The number of hydrogen-bond acceptors (Lipinski definition) is 3. The van der Waals surface area contributed by atoms with Crippen LogP contribution >= 0.6 is 12.2 Å². The van der Waals surface area contributed by atoms with Crippen molar-refractivity contribution in [1.29, 1.82) is 0 Å². The number of nitrogens with two attached hydrogens (primary N) is 1. The molecule has 1 aromatic rings. The van der Waals surface area contributed by atoms with Gasteiger partial charge in [-0.1, -0.05) is 12.2 Å². The summed E-state index contributed by atoms with van der Waals surface area (Å²) < 4.78 is 6.77. The summed E-state index contributed by atoms with van der Waals surface area (Å²) >= 11 is 4.83. The molecule has 1 heterocycles. The van der Waals surface area contributed by atoms with E-state index in [1.165, 1.54) is 0 Å². The Kier molecular flexibility index (Phi) is 4.20. The molecule has 1 aromatic heterocycles. The van der Waals surface area contributed by atoms with Gasteiger partial charge in [0.05, 0.1) is 18.2 Å². The van der Waals surface area contributed by atoms with Crippen LogP contribution in [0.3, 0.4) is 0 Å². The van der Waals surface area contributed by atoms with Gasteiger partial charge in [0.2, 0.25) is 0 Å². The molecule has 0 spiro atoms. The third-order valence-electron chi connectivity index (χ3n) is 2.50. The van der Waals surface area contributed by atoms with Crippen molar-refractivity contribution < 1.29 is 4.74 Å². The van der Waals surface area contributed by atoms with Crippen LogP contribution in [0.1, 0.15) is 18.2 Å². The van der Waals surface area contributed by atoms with Gasteiger partial charge in [0, 0.05) is 12.8 Å². The highest BCUT2D eigenvalue weighted by molar-refractivity contribution is 7.80. The Morgan fingerprint density at radius 3 is 2.75 bits per heavy atom. The maximum Gasteiger partial charge on any atom is 0.261 e. The average molecular weight is 240 g/mol. The molecule has 0 aliphatic rings. The largest absolute Gasteiger partial charge is 0.389 e. The average Bonchev–Trinajstić information content (AvgIpc) is 2.23. The number of hydrogen-bond donors (Lipinski definition) is 1. The molecule has 0 saturated heterocycles. The summed E-state index contributed by atoms with van der Waals surface area (Å²) in [6.07, 6.45) is -0.0296. The molecule has 0 aliphatic heterocycles. The minimum Gasteiger partial charge on any atom is -0.389 e. The highest BCUT2D eigenvalue weighted by Gasteiger charge is 2.10. The summed E-state index contributed by atoms with van der Waals surface area (Å²) in [5.74, 6) is 0. The lowest BCUT2D eigenvalue weighted by Gasteiger charge is -2.15. The predicted octanol–water partition coefficient (Wildman–Crippen LogP) is 0.826. The van der Waals surface area contributed by atoms with Gasteiger partial charge in [0.1, 0.15) is 4.99 Å². The fraction of sp³-hybridized carbons (Fsp3) is 0.455. The van der Waals surface area contributed by atoms with E-state index in [4.69, 9.17) is 22.7 Å². The zero-order valence-electron chi connectivity index (χ0n) is 9.69. The van der Waals surface area contributed by atoms with Crippen molar-refractivity contribution in [3.63, 3.8) is 0 Å². The molecule has 0 amide bonds. The van der Waals surface area contributed by atoms with Crippen LogP contribution in [0.4, 0.5) is 0 Å². The standard InChI is InChI=1S/C11H16N2O2S/c1-7-4-5-9(10(12)16)11(14)13(7)6-8(2)15-3/h4-5,8H,6H2,1-3H3,(H2,12,16). The number of thiocarbonyl (C=S) groups is 1. The smallest absolute Gasteiger partial charge is 0.261 e. The van der Waals surface area contributed by atoms with Crippen LogP contribution in [0.5, 0.6) is 0 Å². The van der Waals surface area contributed by atoms with Crippen molar-refractivity contribution >= 4 is 17.2 Å². The molecule has 4 nitrogen and oxygen atoms in total. The van der Waals surface area contributed by atoms with Gasteiger partial charge in [-0.3, -0.25) is 4.79 Å². The Labute approximate surface area is 100 Å². The van der Waals surface area contributed by atoms with Crippen molar-refractivity contribution in [2.75, 3.05) is 7.11 Å². The van der Waals surface area contributed by atoms with Crippen molar-refractivity contribution in [2.45, 2.75) is 26.5 Å². The minimum absolute atomic E-state index is 0.0296. The van der Waals surface area contributed by atoms with Gasteiger partial charge in [-0.2, -0.15) is 0 Å². The summed E-state index contributed by atoms with van der Waals surface area (Å²) in [7, 11) is 1.61. The fourth-order valence-corrected chi connectivity index (χ4v) is 1.57. The molecule has 88 valence electrons.